The molecule has 1 N–H and O–H groups in total. The van der Waals surface area contributed by atoms with Crippen LogP contribution in [-0.2, 0) is 0 Å². The smallest absolute Gasteiger partial charge is 0.317 e. The lowest BCUT2D eigenvalue weighted by Crippen LogP contribution is -2.37. The predicted octanol–water partition coefficient (Wildman–Crippen LogP) is 1.65. The van der Waals surface area contributed by atoms with E-state index in [0.29, 0.717) is 6.01 Å². The molecule has 5 heteroatoms. The number of piperidine rings is 1. The highest BCUT2D eigenvalue weighted by molar-refractivity contribution is 5.85. The van der Waals surface area contributed by atoms with Crippen LogP contribution in [0.4, 0.5) is 0 Å². The zero-order chi connectivity index (χ0) is 10.7. The van der Waals surface area contributed by atoms with Gasteiger partial charge in [-0.3, -0.25) is 0 Å². The van der Waals surface area contributed by atoms with Crippen LogP contribution in [0.5, 0.6) is 6.01 Å². The van der Waals surface area contributed by atoms with Crippen molar-refractivity contribution in [2.75, 3.05) is 13.1 Å². The van der Waals surface area contributed by atoms with Gasteiger partial charge in [-0.05, 0) is 39.3 Å². The molecule has 1 saturated heterocycles. The molecule has 4 nitrogen and oxygen atoms in total. The third-order valence-electron chi connectivity index (χ3n) is 2.49. The summed E-state index contributed by atoms with van der Waals surface area (Å²) in [6, 6.07) is 2.47. The zero-order valence-corrected chi connectivity index (χ0v) is 10.5. The van der Waals surface area contributed by atoms with Crippen molar-refractivity contribution in [3.63, 3.8) is 0 Å². The van der Waals surface area contributed by atoms with Crippen molar-refractivity contribution < 1.29 is 4.74 Å². The maximum atomic E-state index is 5.73. The van der Waals surface area contributed by atoms with Crippen LogP contribution in [0.1, 0.15) is 24.2 Å². The molecule has 1 fully saturated rings. The molecule has 0 spiro atoms. The number of halogens is 1. The number of aromatic nitrogens is 2. The van der Waals surface area contributed by atoms with Crippen molar-refractivity contribution in [1.82, 2.24) is 15.3 Å². The van der Waals surface area contributed by atoms with E-state index in [-0.39, 0.29) is 18.5 Å². The Morgan fingerprint density at radius 1 is 1.31 bits per heavy atom. The first-order chi connectivity index (χ1) is 7.24. The van der Waals surface area contributed by atoms with Gasteiger partial charge in [-0.15, -0.1) is 12.4 Å². The van der Waals surface area contributed by atoms with Gasteiger partial charge in [0.25, 0.3) is 0 Å². The molecule has 1 aliphatic rings. The quantitative estimate of drug-likeness (QED) is 0.858. The van der Waals surface area contributed by atoms with Crippen molar-refractivity contribution in [3.8, 4) is 6.01 Å². The minimum atomic E-state index is 0. The van der Waals surface area contributed by atoms with E-state index in [1.807, 2.05) is 19.9 Å². The van der Waals surface area contributed by atoms with E-state index in [0.717, 1.165) is 37.3 Å². The first kappa shape index (κ1) is 13.2. The first-order valence-electron chi connectivity index (χ1n) is 5.44. The molecule has 0 bridgehead atoms. The maximum Gasteiger partial charge on any atom is 0.317 e. The molecular formula is C11H18ClN3O. The lowest BCUT2D eigenvalue weighted by molar-refractivity contribution is 0.153. The van der Waals surface area contributed by atoms with Gasteiger partial charge in [-0.1, -0.05) is 0 Å². The Balaban J connectivity index is 0.00000128. The van der Waals surface area contributed by atoms with Crippen LogP contribution in [0.25, 0.3) is 0 Å². The zero-order valence-electron chi connectivity index (χ0n) is 9.69. The van der Waals surface area contributed by atoms with Crippen LogP contribution in [0, 0.1) is 13.8 Å². The van der Waals surface area contributed by atoms with Crippen LogP contribution in [0.3, 0.4) is 0 Å². The maximum absolute atomic E-state index is 5.73. The second-order valence-electron chi connectivity index (χ2n) is 4.02. The summed E-state index contributed by atoms with van der Waals surface area (Å²) < 4.78 is 5.73. The van der Waals surface area contributed by atoms with Gasteiger partial charge in [0.15, 0.2) is 0 Å². The van der Waals surface area contributed by atoms with E-state index in [9.17, 15) is 0 Å². The van der Waals surface area contributed by atoms with Gasteiger partial charge in [0.1, 0.15) is 6.10 Å². The molecule has 2 rings (SSSR count). The monoisotopic (exact) mass is 243 g/mol. The molecule has 0 saturated carbocycles. The van der Waals surface area contributed by atoms with Crippen molar-refractivity contribution in [1.29, 1.82) is 0 Å². The summed E-state index contributed by atoms with van der Waals surface area (Å²) in [6.07, 6.45) is 2.47. The minimum Gasteiger partial charge on any atom is -0.459 e. The summed E-state index contributed by atoms with van der Waals surface area (Å²) in [6.45, 7) is 5.91. The summed E-state index contributed by atoms with van der Waals surface area (Å²) in [5, 5.41) is 3.30. The van der Waals surface area contributed by atoms with Crippen molar-refractivity contribution >= 4 is 12.4 Å². The van der Waals surface area contributed by atoms with Gasteiger partial charge in [0.05, 0.1) is 0 Å². The van der Waals surface area contributed by atoms with E-state index in [1.165, 1.54) is 0 Å². The van der Waals surface area contributed by atoms with Crippen LogP contribution >= 0.6 is 12.4 Å². The normalized spacial score (nSPS) is 20.0. The van der Waals surface area contributed by atoms with Crippen molar-refractivity contribution in [2.45, 2.75) is 32.8 Å². The van der Waals surface area contributed by atoms with Gasteiger partial charge in [0, 0.05) is 17.9 Å². The molecule has 2 heterocycles. The number of hydrogen-bond acceptors (Lipinski definition) is 4. The third kappa shape index (κ3) is 3.61. The molecule has 90 valence electrons. The highest BCUT2D eigenvalue weighted by atomic mass is 35.5. The Hall–Kier alpha value is -0.870. The van der Waals surface area contributed by atoms with Gasteiger partial charge in [-0.2, -0.15) is 0 Å². The Kier molecular flexibility index (Phi) is 4.96. The molecule has 1 aromatic rings. The lowest BCUT2D eigenvalue weighted by Gasteiger charge is -2.22. The molecule has 1 atom stereocenters. The van der Waals surface area contributed by atoms with Gasteiger partial charge >= 0.3 is 6.01 Å². The number of nitrogens with one attached hydrogen (secondary N) is 1. The third-order valence-corrected chi connectivity index (χ3v) is 2.49. The predicted molar refractivity (Wildman–Crippen MR) is 65.3 cm³/mol. The summed E-state index contributed by atoms with van der Waals surface area (Å²) in [5.74, 6) is 0. The number of hydrogen-bond donors (Lipinski definition) is 1. The minimum absolute atomic E-state index is 0. The Labute approximate surface area is 102 Å². The standard InChI is InChI=1S/C11H17N3O.ClH/c1-8-6-9(2)14-11(13-8)15-10-4-3-5-12-7-10;/h6,10,12H,3-5,7H2,1-2H3;1H. The molecule has 0 radical (unpaired) electrons. The second kappa shape index (κ2) is 6.01. The van der Waals surface area contributed by atoms with Crippen LogP contribution in [-0.4, -0.2) is 29.2 Å². The SMILES string of the molecule is Cc1cc(C)nc(OC2CCCNC2)n1.Cl. The number of aryl methyl sites for hydroxylation is 2. The van der Waals surface area contributed by atoms with E-state index in [4.69, 9.17) is 4.74 Å². The fourth-order valence-electron chi connectivity index (χ4n) is 1.82. The molecule has 0 amide bonds. The molecule has 0 aliphatic carbocycles. The highest BCUT2D eigenvalue weighted by Gasteiger charge is 2.15. The molecule has 1 aromatic heterocycles. The fourth-order valence-corrected chi connectivity index (χ4v) is 1.82. The van der Waals surface area contributed by atoms with Crippen LogP contribution < -0.4 is 10.1 Å². The second-order valence-corrected chi connectivity index (χ2v) is 4.02. The molecule has 16 heavy (non-hydrogen) atoms. The van der Waals surface area contributed by atoms with E-state index >= 15 is 0 Å². The molecule has 1 unspecified atom stereocenters. The van der Waals surface area contributed by atoms with Crippen molar-refractivity contribution in [3.05, 3.63) is 17.5 Å². The van der Waals surface area contributed by atoms with Crippen LogP contribution in [0.15, 0.2) is 6.07 Å². The summed E-state index contributed by atoms with van der Waals surface area (Å²) in [4.78, 5) is 8.53. The van der Waals surface area contributed by atoms with E-state index in [1.54, 1.807) is 0 Å². The van der Waals surface area contributed by atoms with Gasteiger partial charge < -0.3 is 10.1 Å². The topological polar surface area (TPSA) is 47.0 Å². The first-order valence-corrected chi connectivity index (χ1v) is 5.44. The molecular weight excluding hydrogens is 226 g/mol. The summed E-state index contributed by atoms with van der Waals surface area (Å²) >= 11 is 0. The van der Waals surface area contributed by atoms with Gasteiger partial charge in [-0.25, -0.2) is 9.97 Å². The van der Waals surface area contributed by atoms with Crippen LogP contribution in [0.2, 0.25) is 0 Å². The molecule has 0 aromatic carbocycles. The average molecular weight is 244 g/mol. The number of nitrogens with zero attached hydrogens (tertiary/aromatic N) is 2. The largest absolute Gasteiger partial charge is 0.459 e. The summed E-state index contributed by atoms with van der Waals surface area (Å²) in [5.41, 5.74) is 1.92. The van der Waals surface area contributed by atoms with E-state index in [2.05, 4.69) is 15.3 Å². The van der Waals surface area contributed by atoms with Gasteiger partial charge in [0.2, 0.25) is 0 Å². The highest BCUT2D eigenvalue weighted by Crippen LogP contribution is 2.12. The van der Waals surface area contributed by atoms with Crippen molar-refractivity contribution in [2.24, 2.45) is 0 Å². The van der Waals surface area contributed by atoms with E-state index < -0.39 is 0 Å². The lowest BCUT2D eigenvalue weighted by atomic mass is 10.1. The molecule has 1 aliphatic heterocycles. The number of ether oxygens (including phenoxy) is 1. The Bertz CT molecular complexity index is 320. The average Bonchev–Trinajstić information content (AvgIpc) is 2.17. The Morgan fingerprint density at radius 2 is 2.00 bits per heavy atom. The fraction of sp³-hybridized carbons (Fsp3) is 0.636. The number of rotatable bonds is 2. The Morgan fingerprint density at radius 3 is 2.56 bits per heavy atom. The summed E-state index contributed by atoms with van der Waals surface area (Å²) in [7, 11) is 0.